The first-order chi connectivity index (χ1) is 9.05. The molecule has 0 spiro atoms. The predicted octanol–water partition coefficient (Wildman–Crippen LogP) is 3.00. The molecule has 1 fully saturated rings. The van der Waals surface area contributed by atoms with E-state index in [2.05, 4.69) is 62.3 Å². The third-order valence-corrected chi connectivity index (χ3v) is 4.81. The highest BCUT2D eigenvalue weighted by atomic mass is 15.2. The summed E-state index contributed by atoms with van der Waals surface area (Å²) < 4.78 is 0. The van der Waals surface area contributed by atoms with Gasteiger partial charge in [-0.1, -0.05) is 24.3 Å². The van der Waals surface area contributed by atoms with Gasteiger partial charge in [-0.05, 0) is 71.3 Å². The van der Waals surface area contributed by atoms with E-state index in [-0.39, 0.29) is 5.54 Å². The summed E-state index contributed by atoms with van der Waals surface area (Å²) in [4.78, 5) is 2.65. The maximum absolute atomic E-state index is 3.55. The first-order valence-electron chi connectivity index (χ1n) is 7.52. The molecule has 0 saturated carbocycles. The maximum atomic E-state index is 3.55. The molecule has 1 aliphatic heterocycles. The Bertz CT molecular complexity index is 405. The van der Waals surface area contributed by atoms with Crippen LogP contribution < -0.4 is 5.32 Å². The molecule has 2 nitrogen and oxygen atoms in total. The van der Waals surface area contributed by atoms with E-state index in [0.717, 1.165) is 6.42 Å². The van der Waals surface area contributed by atoms with Crippen molar-refractivity contribution in [3.05, 3.63) is 35.4 Å². The Morgan fingerprint density at radius 1 is 1.21 bits per heavy atom. The summed E-state index contributed by atoms with van der Waals surface area (Å²) in [6.45, 7) is 9.48. The SMILES string of the molecule is CNC(Cc1ccccc1C)C(C)(C)N1CCCC1. The van der Waals surface area contributed by atoms with Crippen molar-refractivity contribution in [2.24, 2.45) is 0 Å². The van der Waals surface area contributed by atoms with Gasteiger partial charge in [0.05, 0.1) is 0 Å². The molecular formula is C17H28N2. The van der Waals surface area contributed by atoms with E-state index in [1.165, 1.54) is 37.1 Å². The van der Waals surface area contributed by atoms with Gasteiger partial charge in [-0.2, -0.15) is 0 Å². The molecule has 1 saturated heterocycles. The fourth-order valence-electron chi connectivity index (χ4n) is 3.28. The lowest BCUT2D eigenvalue weighted by molar-refractivity contribution is 0.110. The normalized spacial score (nSPS) is 18.7. The Hall–Kier alpha value is -0.860. The molecule has 0 aliphatic carbocycles. The summed E-state index contributed by atoms with van der Waals surface area (Å²) in [7, 11) is 2.10. The van der Waals surface area contributed by atoms with Gasteiger partial charge >= 0.3 is 0 Å². The minimum absolute atomic E-state index is 0.216. The van der Waals surface area contributed by atoms with Gasteiger partial charge in [0, 0.05) is 11.6 Å². The van der Waals surface area contributed by atoms with Crippen molar-refractivity contribution in [3.8, 4) is 0 Å². The number of likely N-dealkylation sites (N-methyl/N-ethyl adjacent to an activating group) is 1. The van der Waals surface area contributed by atoms with Gasteiger partial charge in [-0.25, -0.2) is 0 Å². The van der Waals surface area contributed by atoms with Crippen LogP contribution in [0.2, 0.25) is 0 Å². The van der Waals surface area contributed by atoms with Crippen LogP contribution in [0.1, 0.15) is 37.8 Å². The van der Waals surface area contributed by atoms with E-state index in [1.54, 1.807) is 0 Å². The van der Waals surface area contributed by atoms with Crippen LogP contribution in [0.3, 0.4) is 0 Å². The van der Waals surface area contributed by atoms with Crippen LogP contribution >= 0.6 is 0 Å². The van der Waals surface area contributed by atoms with Gasteiger partial charge in [0.25, 0.3) is 0 Å². The Morgan fingerprint density at radius 3 is 2.42 bits per heavy atom. The molecule has 2 heteroatoms. The minimum Gasteiger partial charge on any atom is -0.315 e. The van der Waals surface area contributed by atoms with E-state index in [4.69, 9.17) is 0 Å². The second kappa shape index (κ2) is 6.06. The van der Waals surface area contributed by atoms with Crippen molar-refractivity contribution >= 4 is 0 Å². The van der Waals surface area contributed by atoms with Gasteiger partial charge < -0.3 is 5.32 Å². The second-order valence-corrected chi connectivity index (χ2v) is 6.32. The molecule has 0 amide bonds. The summed E-state index contributed by atoms with van der Waals surface area (Å²) >= 11 is 0. The number of likely N-dealkylation sites (tertiary alicyclic amines) is 1. The molecule has 2 rings (SSSR count). The largest absolute Gasteiger partial charge is 0.315 e. The van der Waals surface area contributed by atoms with Crippen molar-refractivity contribution in [1.29, 1.82) is 0 Å². The predicted molar refractivity (Wildman–Crippen MR) is 82.6 cm³/mol. The first kappa shape index (κ1) is 14.5. The number of aryl methyl sites for hydroxylation is 1. The zero-order valence-corrected chi connectivity index (χ0v) is 12.9. The molecule has 1 aliphatic rings. The smallest absolute Gasteiger partial charge is 0.0309 e. The molecule has 0 aromatic heterocycles. The summed E-state index contributed by atoms with van der Waals surface area (Å²) in [6, 6.07) is 9.24. The highest BCUT2D eigenvalue weighted by Gasteiger charge is 2.35. The molecule has 106 valence electrons. The Morgan fingerprint density at radius 2 is 1.84 bits per heavy atom. The van der Waals surface area contributed by atoms with Crippen molar-refractivity contribution in [3.63, 3.8) is 0 Å². The van der Waals surface area contributed by atoms with Gasteiger partial charge in [0.15, 0.2) is 0 Å². The standard InChI is InChI=1S/C17H28N2/c1-14-9-5-6-10-15(14)13-16(18-4)17(2,3)19-11-7-8-12-19/h5-6,9-10,16,18H,7-8,11-13H2,1-4H3. The van der Waals surface area contributed by atoms with Crippen LogP contribution in [0, 0.1) is 6.92 Å². The van der Waals surface area contributed by atoms with Crippen LogP contribution in [0.25, 0.3) is 0 Å². The highest BCUT2D eigenvalue weighted by molar-refractivity contribution is 5.27. The Kier molecular flexibility index (Phi) is 4.64. The average Bonchev–Trinajstić information content (AvgIpc) is 2.92. The van der Waals surface area contributed by atoms with E-state index < -0.39 is 0 Å². The van der Waals surface area contributed by atoms with E-state index >= 15 is 0 Å². The number of hydrogen-bond donors (Lipinski definition) is 1. The Balaban J connectivity index is 2.13. The quantitative estimate of drug-likeness (QED) is 0.875. The molecule has 1 unspecified atom stereocenters. The fraction of sp³-hybridized carbons (Fsp3) is 0.647. The lowest BCUT2D eigenvalue weighted by Crippen LogP contribution is -2.57. The average molecular weight is 260 g/mol. The fourth-order valence-corrected chi connectivity index (χ4v) is 3.28. The van der Waals surface area contributed by atoms with Gasteiger partial charge in [0.1, 0.15) is 0 Å². The minimum atomic E-state index is 0.216. The van der Waals surface area contributed by atoms with Gasteiger partial charge in [-0.3, -0.25) is 4.90 Å². The van der Waals surface area contributed by atoms with Crippen LogP contribution in [-0.4, -0.2) is 36.6 Å². The molecule has 1 aromatic carbocycles. The van der Waals surface area contributed by atoms with Crippen molar-refractivity contribution < 1.29 is 0 Å². The lowest BCUT2D eigenvalue weighted by Gasteiger charge is -2.42. The maximum Gasteiger partial charge on any atom is 0.0309 e. The molecule has 1 aromatic rings. The molecule has 1 heterocycles. The highest BCUT2D eigenvalue weighted by Crippen LogP contribution is 2.26. The number of nitrogens with zero attached hydrogens (tertiary/aromatic N) is 1. The Labute approximate surface area is 118 Å². The van der Waals surface area contributed by atoms with Crippen LogP contribution in [-0.2, 0) is 6.42 Å². The molecule has 0 radical (unpaired) electrons. The monoisotopic (exact) mass is 260 g/mol. The van der Waals surface area contributed by atoms with E-state index in [9.17, 15) is 0 Å². The number of rotatable bonds is 5. The summed E-state index contributed by atoms with van der Waals surface area (Å²) in [5.74, 6) is 0. The van der Waals surface area contributed by atoms with Crippen LogP contribution in [0.4, 0.5) is 0 Å². The van der Waals surface area contributed by atoms with E-state index in [0.29, 0.717) is 6.04 Å². The van der Waals surface area contributed by atoms with Crippen LogP contribution in [0.5, 0.6) is 0 Å². The summed E-state index contributed by atoms with van der Waals surface area (Å²) in [5, 5.41) is 3.55. The number of hydrogen-bond acceptors (Lipinski definition) is 2. The number of benzene rings is 1. The molecule has 19 heavy (non-hydrogen) atoms. The molecular weight excluding hydrogens is 232 g/mol. The van der Waals surface area contributed by atoms with Gasteiger partial charge in [0.2, 0.25) is 0 Å². The van der Waals surface area contributed by atoms with Gasteiger partial charge in [-0.15, -0.1) is 0 Å². The first-order valence-corrected chi connectivity index (χ1v) is 7.52. The van der Waals surface area contributed by atoms with Crippen molar-refractivity contribution in [1.82, 2.24) is 10.2 Å². The number of nitrogens with one attached hydrogen (secondary N) is 1. The van der Waals surface area contributed by atoms with Crippen LogP contribution in [0.15, 0.2) is 24.3 Å². The third-order valence-electron chi connectivity index (χ3n) is 4.81. The molecule has 1 atom stereocenters. The topological polar surface area (TPSA) is 15.3 Å². The lowest BCUT2D eigenvalue weighted by atomic mass is 9.86. The summed E-state index contributed by atoms with van der Waals surface area (Å²) in [6.07, 6.45) is 3.81. The van der Waals surface area contributed by atoms with E-state index in [1.807, 2.05) is 0 Å². The second-order valence-electron chi connectivity index (χ2n) is 6.32. The third kappa shape index (κ3) is 3.18. The zero-order valence-electron chi connectivity index (χ0n) is 12.9. The summed E-state index contributed by atoms with van der Waals surface area (Å²) in [5.41, 5.74) is 3.09. The van der Waals surface area contributed by atoms with Crippen molar-refractivity contribution in [2.75, 3.05) is 20.1 Å². The molecule has 1 N–H and O–H groups in total. The zero-order chi connectivity index (χ0) is 13.9. The van der Waals surface area contributed by atoms with Crippen molar-refractivity contribution in [2.45, 2.75) is 51.6 Å². The molecule has 0 bridgehead atoms.